The van der Waals surface area contributed by atoms with Crippen molar-refractivity contribution in [2.45, 2.75) is 26.8 Å². The molecule has 8 heteroatoms. The Morgan fingerprint density at radius 3 is 2.93 bits per heavy atom. The molecular formula is C21H20N4O3S. The van der Waals surface area contributed by atoms with E-state index < -0.39 is 0 Å². The molecule has 0 bridgehead atoms. The zero-order valence-corrected chi connectivity index (χ0v) is 17.0. The molecule has 1 aliphatic heterocycles. The van der Waals surface area contributed by atoms with Crippen molar-refractivity contribution < 1.29 is 14.1 Å². The van der Waals surface area contributed by atoms with Gasteiger partial charge in [-0.2, -0.15) is 5.26 Å². The highest BCUT2D eigenvalue weighted by atomic mass is 32.1. The van der Waals surface area contributed by atoms with E-state index >= 15 is 0 Å². The Labute approximate surface area is 172 Å². The summed E-state index contributed by atoms with van der Waals surface area (Å²) >= 11 is 1.48. The molecule has 1 N–H and O–H groups in total. The third-order valence-electron chi connectivity index (χ3n) is 4.83. The lowest BCUT2D eigenvalue weighted by Crippen LogP contribution is -2.35. The Balaban J connectivity index is 1.66. The third kappa shape index (κ3) is 3.57. The summed E-state index contributed by atoms with van der Waals surface area (Å²) in [5.74, 6) is 0.631. The summed E-state index contributed by atoms with van der Waals surface area (Å²) in [6.07, 6.45) is 0.310. The van der Waals surface area contributed by atoms with Gasteiger partial charge >= 0.3 is 6.09 Å². The maximum Gasteiger partial charge on any atom is 0.410 e. The fraction of sp³-hybridized carbons (Fsp3) is 0.286. The van der Waals surface area contributed by atoms with Gasteiger partial charge in [0.1, 0.15) is 22.5 Å². The van der Waals surface area contributed by atoms with Gasteiger partial charge in [0, 0.05) is 17.0 Å². The van der Waals surface area contributed by atoms with Crippen LogP contribution in [0, 0.1) is 18.3 Å². The van der Waals surface area contributed by atoms with E-state index in [1.165, 1.54) is 11.3 Å². The Kier molecular flexibility index (Phi) is 5.23. The minimum Gasteiger partial charge on any atom is -0.450 e. The summed E-state index contributed by atoms with van der Waals surface area (Å²) < 4.78 is 10.7. The van der Waals surface area contributed by atoms with Crippen LogP contribution < -0.4 is 5.32 Å². The summed E-state index contributed by atoms with van der Waals surface area (Å²) in [5, 5.41) is 18.0. The first-order valence-electron chi connectivity index (χ1n) is 9.37. The summed E-state index contributed by atoms with van der Waals surface area (Å²) in [6, 6.07) is 12.0. The fourth-order valence-electron chi connectivity index (χ4n) is 3.40. The van der Waals surface area contributed by atoms with Crippen LogP contribution in [0.3, 0.4) is 0 Å². The van der Waals surface area contributed by atoms with Crippen LogP contribution >= 0.6 is 11.3 Å². The summed E-state index contributed by atoms with van der Waals surface area (Å²) in [4.78, 5) is 14.8. The molecule has 1 aliphatic rings. The minimum absolute atomic E-state index is 0.319. The van der Waals surface area contributed by atoms with Crippen LogP contribution in [0.1, 0.15) is 28.6 Å². The summed E-state index contributed by atoms with van der Waals surface area (Å²) in [6.45, 7) is 4.99. The molecule has 0 unspecified atom stereocenters. The number of ether oxygens (including phenoxy) is 1. The fourth-order valence-corrected chi connectivity index (χ4v) is 4.62. The predicted molar refractivity (Wildman–Crippen MR) is 110 cm³/mol. The molecule has 2 aromatic heterocycles. The molecular weight excluding hydrogens is 388 g/mol. The standard InChI is InChI=1S/C21H20N4O3S/c1-3-27-21(26)25-10-9-15-16(11-22)20(29-17(15)12-25)23-18-13(2)24-28-19(18)14-7-5-4-6-8-14/h4-8,23H,3,9-10,12H2,1-2H3. The first kappa shape index (κ1) is 19.0. The number of amides is 1. The van der Waals surface area contributed by atoms with Crippen LogP contribution in [0.5, 0.6) is 0 Å². The largest absolute Gasteiger partial charge is 0.450 e. The second kappa shape index (κ2) is 7.97. The zero-order valence-electron chi connectivity index (χ0n) is 16.2. The van der Waals surface area contributed by atoms with Gasteiger partial charge in [-0.15, -0.1) is 11.3 Å². The van der Waals surface area contributed by atoms with Gasteiger partial charge in [0.15, 0.2) is 5.76 Å². The summed E-state index contributed by atoms with van der Waals surface area (Å²) in [7, 11) is 0. The first-order valence-corrected chi connectivity index (χ1v) is 10.2. The Hall–Kier alpha value is -3.31. The van der Waals surface area contributed by atoms with Crippen LogP contribution in [0.4, 0.5) is 15.5 Å². The molecule has 3 aromatic rings. The molecule has 0 radical (unpaired) electrons. The lowest BCUT2D eigenvalue weighted by atomic mass is 10.0. The highest BCUT2D eigenvalue weighted by Gasteiger charge is 2.28. The lowest BCUT2D eigenvalue weighted by molar-refractivity contribution is 0.103. The number of hydrogen-bond acceptors (Lipinski definition) is 7. The van der Waals surface area contributed by atoms with Crippen LogP contribution in [-0.2, 0) is 17.7 Å². The van der Waals surface area contributed by atoms with Gasteiger partial charge < -0.3 is 19.5 Å². The van der Waals surface area contributed by atoms with Crippen molar-refractivity contribution in [3.8, 4) is 17.4 Å². The topological polar surface area (TPSA) is 91.4 Å². The van der Waals surface area contributed by atoms with Crippen LogP contribution in [0.25, 0.3) is 11.3 Å². The number of nitrogens with one attached hydrogen (secondary N) is 1. The van der Waals surface area contributed by atoms with Gasteiger partial charge in [0.2, 0.25) is 0 Å². The SMILES string of the molecule is CCOC(=O)N1CCc2c(sc(Nc3c(C)noc3-c3ccccc3)c2C#N)C1. The average Bonchev–Trinajstić information content (AvgIpc) is 3.28. The molecule has 29 heavy (non-hydrogen) atoms. The van der Waals surface area contributed by atoms with Crippen molar-refractivity contribution in [1.29, 1.82) is 5.26 Å². The van der Waals surface area contributed by atoms with E-state index in [9.17, 15) is 10.1 Å². The van der Waals surface area contributed by atoms with Crippen molar-refractivity contribution in [3.63, 3.8) is 0 Å². The zero-order chi connectivity index (χ0) is 20.4. The van der Waals surface area contributed by atoms with Crippen LogP contribution in [-0.4, -0.2) is 29.3 Å². The average molecular weight is 408 g/mol. The number of nitrogens with zero attached hydrogens (tertiary/aromatic N) is 3. The van der Waals surface area contributed by atoms with E-state index in [4.69, 9.17) is 9.26 Å². The highest BCUT2D eigenvalue weighted by Crippen LogP contribution is 2.41. The molecule has 0 aliphatic carbocycles. The normalized spacial score (nSPS) is 12.9. The van der Waals surface area contributed by atoms with Crippen molar-refractivity contribution in [1.82, 2.24) is 10.1 Å². The van der Waals surface area contributed by atoms with Gasteiger partial charge in [-0.25, -0.2) is 4.79 Å². The van der Waals surface area contributed by atoms with E-state index in [1.54, 1.807) is 11.8 Å². The number of carbonyl (C=O) groups excluding carboxylic acids is 1. The van der Waals surface area contributed by atoms with Gasteiger partial charge in [-0.3, -0.25) is 0 Å². The molecule has 7 nitrogen and oxygen atoms in total. The van der Waals surface area contributed by atoms with Crippen LogP contribution in [0.2, 0.25) is 0 Å². The molecule has 0 saturated carbocycles. The summed E-state index contributed by atoms with van der Waals surface area (Å²) in [5.41, 5.74) is 3.98. The molecule has 3 heterocycles. The molecule has 1 amide bonds. The number of rotatable bonds is 4. The van der Waals surface area contributed by atoms with E-state index in [-0.39, 0.29) is 6.09 Å². The van der Waals surface area contributed by atoms with E-state index in [2.05, 4.69) is 16.5 Å². The molecule has 0 saturated heterocycles. The number of aromatic nitrogens is 1. The van der Waals surface area contributed by atoms with E-state index in [1.807, 2.05) is 37.3 Å². The van der Waals surface area contributed by atoms with Gasteiger partial charge in [0.05, 0.1) is 18.7 Å². The number of hydrogen-bond donors (Lipinski definition) is 1. The molecule has 1 aromatic carbocycles. The first-order chi connectivity index (χ1) is 14.1. The Morgan fingerprint density at radius 1 is 1.41 bits per heavy atom. The van der Waals surface area contributed by atoms with E-state index in [0.29, 0.717) is 43.1 Å². The number of benzene rings is 1. The lowest BCUT2D eigenvalue weighted by Gasteiger charge is -2.25. The number of aryl methyl sites for hydroxylation is 1. The molecule has 0 atom stereocenters. The molecule has 0 spiro atoms. The number of thiophene rings is 1. The number of anilines is 2. The molecule has 4 rings (SSSR count). The Morgan fingerprint density at radius 2 is 2.21 bits per heavy atom. The van der Waals surface area contributed by atoms with Gasteiger partial charge in [0.25, 0.3) is 0 Å². The van der Waals surface area contributed by atoms with Crippen molar-refractivity contribution in [2.24, 2.45) is 0 Å². The highest BCUT2D eigenvalue weighted by molar-refractivity contribution is 7.16. The van der Waals surface area contributed by atoms with Gasteiger partial charge in [-0.1, -0.05) is 35.5 Å². The van der Waals surface area contributed by atoms with Crippen molar-refractivity contribution in [2.75, 3.05) is 18.5 Å². The second-order valence-electron chi connectivity index (χ2n) is 6.65. The third-order valence-corrected chi connectivity index (χ3v) is 5.96. The Bertz CT molecular complexity index is 1080. The van der Waals surface area contributed by atoms with Crippen molar-refractivity contribution in [3.05, 3.63) is 52.0 Å². The van der Waals surface area contributed by atoms with Crippen LogP contribution in [0.15, 0.2) is 34.9 Å². The monoisotopic (exact) mass is 408 g/mol. The number of carbonyl (C=O) groups is 1. The molecule has 148 valence electrons. The van der Waals surface area contributed by atoms with Gasteiger partial charge in [-0.05, 0) is 25.8 Å². The van der Waals surface area contributed by atoms with E-state index in [0.717, 1.165) is 26.7 Å². The van der Waals surface area contributed by atoms with Crippen molar-refractivity contribution >= 4 is 28.1 Å². The quantitative estimate of drug-likeness (QED) is 0.664. The maximum absolute atomic E-state index is 12.1. The maximum atomic E-state index is 12.1. The minimum atomic E-state index is -0.319. The predicted octanol–water partition coefficient (Wildman–Crippen LogP) is 4.84. The number of fused-ring (bicyclic) bond motifs is 1. The molecule has 0 fully saturated rings. The number of nitriles is 1. The smallest absolute Gasteiger partial charge is 0.410 e. The second-order valence-corrected chi connectivity index (χ2v) is 7.76.